The molecule has 1 N–H and O–H groups in total. The van der Waals surface area contributed by atoms with Gasteiger partial charge in [0.05, 0.1) is 19.5 Å². The highest BCUT2D eigenvalue weighted by molar-refractivity contribution is 7.93. The maximum Gasteiger partial charge on any atom is 0.243 e. The van der Waals surface area contributed by atoms with E-state index in [1.807, 2.05) is 6.92 Å². The Morgan fingerprint density at radius 2 is 1.69 bits per heavy atom. The molecule has 3 aromatic rings. The number of carbonyl (C=O) groups is 1. The minimum Gasteiger partial charge on any atom is -0.494 e. The summed E-state index contributed by atoms with van der Waals surface area (Å²) in [6, 6.07) is 5.11. The van der Waals surface area contributed by atoms with Gasteiger partial charge in [0.15, 0.2) is 0 Å². The number of hydrogen-bond acceptors (Lipinski definition) is 9. The molecule has 2 aromatic heterocycles. The van der Waals surface area contributed by atoms with Gasteiger partial charge in [-0.3, -0.25) is 14.1 Å². The molecular weight excluding hydrogens is 484 g/mol. The van der Waals surface area contributed by atoms with Crippen molar-refractivity contribution in [3.63, 3.8) is 0 Å². The minimum atomic E-state index is -4.01. The van der Waals surface area contributed by atoms with Crippen molar-refractivity contribution in [3.8, 4) is 17.2 Å². The van der Waals surface area contributed by atoms with E-state index in [0.29, 0.717) is 23.0 Å². The van der Waals surface area contributed by atoms with E-state index in [1.54, 1.807) is 44.4 Å². The molecule has 0 radical (unpaired) electrons. The van der Waals surface area contributed by atoms with Crippen molar-refractivity contribution in [3.05, 3.63) is 47.8 Å². The first-order valence-corrected chi connectivity index (χ1v) is 13.2. The van der Waals surface area contributed by atoms with E-state index in [-0.39, 0.29) is 23.5 Å². The van der Waals surface area contributed by atoms with Crippen LogP contribution in [0.15, 0.2) is 30.6 Å². The van der Waals surface area contributed by atoms with E-state index in [2.05, 4.69) is 24.9 Å². The van der Waals surface area contributed by atoms with Gasteiger partial charge >= 0.3 is 0 Å². The highest BCUT2D eigenvalue weighted by atomic mass is 32.2. The van der Waals surface area contributed by atoms with Crippen molar-refractivity contribution in [1.82, 2.24) is 24.7 Å². The van der Waals surface area contributed by atoms with Crippen molar-refractivity contribution in [1.29, 1.82) is 0 Å². The molecular formula is C24H30N6O5S. The summed E-state index contributed by atoms with van der Waals surface area (Å²) in [4.78, 5) is 21.8. The summed E-state index contributed by atoms with van der Waals surface area (Å²) in [6.45, 7) is 5.17. The number of ether oxygens (including phenoxy) is 2. The van der Waals surface area contributed by atoms with Crippen molar-refractivity contribution in [2.75, 3.05) is 18.9 Å². The second kappa shape index (κ2) is 10.2. The zero-order chi connectivity index (χ0) is 26.0. The van der Waals surface area contributed by atoms with E-state index in [0.717, 1.165) is 24.8 Å². The van der Waals surface area contributed by atoms with E-state index in [9.17, 15) is 13.2 Å². The van der Waals surface area contributed by atoms with E-state index < -0.39 is 21.2 Å². The number of anilines is 1. The second-order valence-electron chi connectivity index (χ2n) is 8.95. The van der Waals surface area contributed by atoms with E-state index >= 15 is 0 Å². The van der Waals surface area contributed by atoms with Gasteiger partial charge in [-0.15, -0.1) is 10.2 Å². The molecule has 0 unspecified atom stereocenters. The van der Waals surface area contributed by atoms with Crippen LogP contribution in [0.25, 0.3) is 5.69 Å². The van der Waals surface area contributed by atoms with Crippen LogP contribution in [0.1, 0.15) is 61.0 Å². The molecule has 0 spiro atoms. The molecule has 192 valence electrons. The third-order valence-electron chi connectivity index (χ3n) is 6.62. The maximum atomic E-state index is 13.5. The summed E-state index contributed by atoms with van der Waals surface area (Å²) >= 11 is 0. The average Bonchev–Trinajstić information content (AvgIpc) is 3.24. The Morgan fingerprint density at radius 3 is 2.22 bits per heavy atom. The van der Waals surface area contributed by atoms with Crippen LogP contribution in [0.3, 0.4) is 0 Å². The number of sulfonamides is 1. The Labute approximate surface area is 210 Å². The first kappa shape index (κ1) is 25.5. The first-order valence-electron chi connectivity index (χ1n) is 11.7. The van der Waals surface area contributed by atoms with Crippen LogP contribution in [0.5, 0.6) is 11.5 Å². The zero-order valence-electron chi connectivity index (χ0n) is 20.9. The molecule has 4 rings (SSSR count). The van der Waals surface area contributed by atoms with Gasteiger partial charge in [0.2, 0.25) is 27.6 Å². The summed E-state index contributed by atoms with van der Waals surface area (Å²) in [5.74, 6) is 0.117. The van der Waals surface area contributed by atoms with Crippen molar-refractivity contribution >= 4 is 21.8 Å². The largest absolute Gasteiger partial charge is 0.494 e. The predicted molar refractivity (Wildman–Crippen MR) is 133 cm³/mol. The number of para-hydroxylation sites is 1. The molecule has 2 atom stereocenters. The maximum absolute atomic E-state index is 13.5. The molecule has 1 aliphatic rings. The molecule has 0 aliphatic heterocycles. The molecule has 0 bridgehead atoms. The standard InChI is InChI=1S/C24H30N6O5S/c1-14-12-25-22(26-13-14)15(2)16(3)36(32,33)29-24-28-27-23(21(31)17-8-6-9-17)30(24)20-18(34-4)10-7-11-19(20)35-5/h7,10-13,15-17H,6,8-9H2,1-5H3,(H,28,29)/t15-,16-/m0/s1. The van der Waals surface area contributed by atoms with Crippen molar-refractivity contribution < 1.29 is 22.7 Å². The lowest BCUT2D eigenvalue weighted by atomic mass is 9.82. The quantitative estimate of drug-likeness (QED) is 0.404. The van der Waals surface area contributed by atoms with Crippen LogP contribution in [-0.4, -0.2) is 58.4 Å². The number of rotatable bonds is 10. The van der Waals surface area contributed by atoms with Gasteiger partial charge < -0.3 is 9.47 Å². The Balaban J connectivity index is 1.77. The Kier molecular flexibility index (Phi) is 7.25. The monoisotopic (exact) mass is 514 g/mol. The van der Waals surface area contributed by atoms with Crippen LogP contribution in [0, 0.1) is 12.8 Å². The van der Waals surface area contributed by atoms with Crippen LogP contribution in [0.2, 0.25) is 0 Å². The molecule has 0 amide bonds. The fourth-order valence-corrected chi connectivity index (χ4v) is 5.20. The number of ketones is 1. The number of benzene rings is 1. The van der Waals surface area contributed by atoms with Gasteiger partial charge in [-0.1, -0.05) is 19.4 Å². The molecule has 1 aliphatic carbocycles. The highest BCUT2D eigenvalue weighted by Gasteiger charge is 2.35. The third kappa shape index (κ3) is 4.77. The van der Waals surface area contributed by atoms with Gasteiger partial charge in [0.1, 0.15) is 23.0 Å². The number of methoxy groups -OCH3 is 2. The Morgan fingerprint density at radius 1 is 1.08 bits per heavy atom. The number of aromatic nitrogens is 5. The second-order valence-corrected chi connectivity index (χ2v) is 11.0. The van der Waals surface area contributed by atoms with Crippen molar-refractivity contribution in [2.45, 2.75) is 51.2 Å². The minimum absolute atomic E-state index is 0.0165. The normalized spacial score (nSPS) is 15.6. The van der Waals surface area contributed by atoms with Crippen LogP contribution in [-0.2, 0) is 10.0 Å². The number of hydrogen-bond donors (Lipinski definition) is 1. The van der Waals surface area contributed by atoms with Crippen LogP contribution in [0.4, 0.5) is 5.95 Å². The summed E-state index contributed by atoms with van der Waals surface area (Å²) < 4.78 is 41.9. The highest BCUT2D eigenvalue weighted by Crippen LogP contribution is 2.37. The SMILES string of the molecule is COc1cccc(OC)c1-n1c(NS(=O)(=O)[C@@H](C)[C@H](C)c2ncc(C)cn2)nnc1C(=O)C1CCC1. The summed E-state index contributed by atoms with van der Waals surface area (Å²) in [5.41, 5.74) is 1.21. The summed E-state index contributed by atoms with van der Waals surface area (Å²) in [6.07, 6.45) is 5.75. The third-order valence-corrected chi connectivity index (χ3v) is 8.47. The van der Waals surface area contributed by atoms with Gasteiger partial charge in [-0.25, -0.2) is 18.4 Å². The van der Waals surface area contributed by atoms with E-state index in [4.69, 9.17) is 9.47 Å². The number of nitrogens with zero attached hydrogens (tertiary/aromatic N) is 5. The number of nitrogens with one attached hydrogen (secondary N) is 1. The molecule has 1 fully saturated rings. The van der Waals surface area contributed by atoms with Gasteiger partial charge in [0.25, 0.3) is 0 Å². The summed E-state index contributed by atoms with van der Waals surface area (Å²) in [7, 11) is -1.06. The fraction of sp³-hybridized carbons (Fsp3) is 0.458. The predicted octanol–water partition coefficient (Wildman–Crippen LogP) is 3.30. The lowest BCUT2D eigenvalue weighted by Gasteiger charge is -2.24. The zero-order valence-corrected chi connectivity index (χ0v) is 21.7. The number of Topliss-reactive ketones (excluding diaryl/α,β-unsaturated/α-hetero) is 1. The first-order chi connectivity index (χ1) is 17.2. The molecule has 1 aromatic carbocycles. The lowest BCUT2D eigenvalue weighted by molar-refractivity contribution is 0.0841. The van der Waals surface area contributed by atoms with Gasteiger partial charge in [0, 0.05) is 24.2 Å². The molecule has 36 heavy (non-hydrogen) atoms. The summed E-state index contributed by atoms with van der Waals surface area (Å²) in [5, 5.41) is 7.26. The molecule has 12 heteroatoms. The smallest absolute Gasteiger partial charge is 0.243 e. The molecule has 1 saturated carbocycles. The van der Waals surface area contributed by atoms with E-state index in [1.165, 1.54) is 18.8 Å². The topological polar surface area (TPSA) is 138 Å². The Hall–Kier alpha value is -3.54. The average molecular weight is 515 g/mol. The van der Waals surface area contributed by atoms with Gasteiger partial charge in [-0.2, -0.15) is 0 Å². The molecule has 0 saturated heterocycles. The van der Waals surface area contributed by atoms with Crippen molar-refractivity contribution in [2.24, 2.45) is 5.92 Å². The number of carbonyl (C=O) groups excluding carboxylic acids is 1. The molecule has 2 heterocycles. The fourth-order valence-electron chi connectivity index (χ4n) is 3.96. The number of aryl methyl sites for hydroxylation is 1. The van der Waals surface area contributed by atoms with Gasteiger partial charge in [-0.05, 0) is 44.4 Å². The lowest BCUT2D eigenvalue weighted by Crippen LogP contribution is -2.32. The molecule has 11 nitrogen and oxygen atoms in total. The van der Waals surface area contributed by atoms with Crippen LogP contribution < -0.4 is 14.2 Å². The Bertz CT molecular complexity index is 1330. The van der Waals surface area contributed by atoms with Crippen LogP contribution >= 0.6 is 0 Å².